The molecule has 66 valence electrons. The van der Waals surface area contributed by atoms with E-state index in [2.05, 4.69) is 19.2 Å². The Balaban J connectivity index is 1.87. The summed E-state index contributed by atoms with van der Waals surface area (Å²) in [5, 5.41) is 3.47. The van der Waals surface area contributed by atoms with Gasteiger partial charge in [-0.05, 0) is 37.8 Å². The molecule has 0 aromatic rings. The molecule has 1 aliphatic rings. The summed E-state index contributed by atoms with van der Waals surface area (Å²) in [6, 6.07) is 0. The molecule has 1 aliphatic carbocycles. The minimum Gasteiger partial charge on any atom is -0.316 e. The van der Waals surface area contributed by atoms with E-state index in [-0.39, 0.29) is 0 Å². The summed E-state index contributed by atoms with van der Waals surface area (Å²) >= 11 is 0. The molecular formula is C10H21N. The predicted molar refractivity (Wildman–Crippen MR) is 49.7 cm³/mol. The summed E-state index contributed by atoms with van der Waals surface area (Å²) in [6.45, 7) is 7.00. The SMILES string of the molecule is CCCNCC(C)CC1CC1. The molecular weight excluding hydrogens is 134 g/mol. The average molecular weight is 155 g/mol. The Kier molecular flexibility index (Phi) is 3.92. The van der Waals surface area contributed by atoms with Crippen LogP contribution in [0.5, 0.6) is 0 Å². The van der Waals surface area contributed by atoms with Gasteiger partial charge >= 0.3 is 0 Å². The normalized spacial score (nSPS) is 20.2. The summed E-state index contributed by atoms with van der Waals surface area (Å²) in [5.41, 5.74) is 0. The molecule has 0 bridgehead atoms. The molecule has 0 aromatic heterocycles. The Morgan fingerprint density at radius 2 is 2.18 bits per heavy atom. The Morgan fingerprint density at radius 3 is 2.73 bits per heavy atom. The molecule has 1 saturated carbocycles. The van der Waals surface area contributed by atoms with Crippen molar-refractivity contribution < 1.29 is 0 Å². The third-order valence-electron chi connectivity index (χ3n) is 2.35. The number of rotatable bonds is 6. The zero-order valence-corrected chi connectivity index (χ0v) is 7.90. The van der Waals surface area contributed by atoms with Gasteiger partial charge in [0.25, 0.3) is 0 Å². The topological polar surface area (TPSA) is 12.0 Å². The Hall–Kier alpha value is -0.0400. The molecule has 1 heteroatoms. The lowest BCUT2D eigenvalue weighted by Crippen LogP contribution is -2.22. The molecule has 0 spiro atoms. The first-order valence-corrected chi connectivity index (χ1v) is 5.03. The van der Waals surface area contributed by atoms with Crippen molar-refractivity contribution in [3.05, 3.63) is 0 Å². The van der Waals surface area contributed by atoms with Crippen LogP contribution in [-0.4, -0.2) is 13.1 Å². The van der Waals surface area contributed by atoms with Gasteiger partial charge in [0.15, 0.2) is 0 Å². The van der Waals surface area contributed by atoms with E-state index in [1.54, 1.807) is 0 Å². The summed E-state index contributed by atoms with van der Waals surface area (Å²) in [4.78, 5) is 0. The second kappa shape index (κ2) is 4.76. The second-order valence-corrected chi connectivity index (χ2v) is 3.99. The molecule has 1 rings (SSSR count). The van der Waals surface area contributed by atoms with E-state index in [4.69, 9.17) is 0 Å². The summed E-state index contributed by atoms with van der Waals surface area (Å²) in [6.07, 6.45) is 5.71. The minimum absolute atomic E-state index is 0.897. The molecule has 0 radical (unpaired) electrons. The van der Waals surface area contributed by atoms with E-state index < -0.39 is 0 Å². The summed E-state index contributed by atoms with van der Waals surface area (Å²) in [5.74, 6) is 1.99. The van der Waals surface area contributed by atoms with Gasteiger partial charge in [0.1, 0.15) is 0 Å². The number of nitrogens with one attached hydrogen (secondary N) is 1. The van der Waals surface area contributed by atoms with Crippen molar-refractivity contribution >= 4 is 0 Å². The van der Waals surface area contributed by atoms with Gasteiger partial charge in [0, 0.05) is 0 Å². The van der Waals surface area contributed by atoms with Crippen LogP contribution in [-0.2, 0) is 0 Å². The number of hydrogen-bond donors (Lipinski definition) is 1. The highest BCUT2D eigenvalue weighted by atomic mass is 14.8. The molecule has 11 heavy (non-hydrogen) atoms. The van der Waals surface area contributed by atoms with Gasteiger partial charge in [-0.3, -0.25) is 0 Å². The lowest BCUT2D eigenvalue weighted by Gasteiger charge is -2.10. The molecule has 1 nitrogen and oxygen atoms in total. The molecule has 0 heterocycles. The molecule has 1 fully saturated rings. The van der Waals surface area contributed by atoms with Gasteiger partial charge in [0.05, 0.1) is 0 Å². The first kappa shape index (κ1) is 9.05. The van der Waals surface area contributed by atoms with E-state index in [9.17, 15) is 0 Å². The average Bonchev–Trinajstić information content (AvgIpc) is 2.72. The van der Waals surface area contributed by atoms with Gasteiger partial charge < -0.3 is 5.32 Å². The summed E-state index contributed by atoms with van der Waals surface area (Å²) < 4.78 is 0. The van der Waals surface area contributed by atoms with Crippen molar-refractivity contribution in [1.29, 1.82) is 0 Å². The van der Waals surface area contributed by atoms with E-state index in [1.165, 1.54) is 38.8 Å². The van der Waals surface area contributed by atoms with E-state index in [0.717, 1.165) is 11.8 Å². The summed E-state index contributed by atoms with van der Waals surface area (Å²) in [7, 11) is 0. The van der Waals surface area contributed by atoms with Crippen LogP contribution < -0.4 is 5.32 Å². The molecule has 0 amide bonds. The van der Waals surface area contributed by atoms with Crippen molar-refractivity contribution in [1.82, 2.24) is 5.32 Å². The highest BCUT2D eigenvalue weighted by Crippen LogP contribution is 2.34. The van der Waals surface area contributed by atoms with Gasteiger partial charge in [-0.2, -0.15) is 0 Å². The zero-order chi connectivity index (χ0) is 8.10. The molecule has 0 aromatic carbocycles. The van der Waals surface area contributed by atoms with Crippen LogP contribution in [0.15, 0.2) is 0 Å². The first-order valence-electron chi connectivity index (χ1n) is 5.03. The maximum atomic E-state index is 3.47. The van der Waals surface area contributed by atoms with Crippen LogP contribution in [0.2, 0.25) is 0 Å². The Bertz CT molecular complexity index is 97.0. The molecule has 0 aliphatic heterocycles. The zero-order valence-electron chi connectivity index (χ0n) is 7.90. The van der Waals surface area contributed by atoms with Gasteiger partial charge in [-0.1, -0.05) is 26.7 Å². The fraction of sp³-hybridized carbons (Fsp3) is 1.00. The van der Waals surface area contributed by atoms with Crippen LogP contribution in [0.3, 0.4) is 0 Å². The van der Waals surface area contributed by atoms with Crippen LogP contribution >= 0.6 is 0 Å². The van der Waals surface area contributed by atoms with Crippen molar-refractivity contribution in [2.75, 3.05) is 13.1 Å². The maximum absolute atomic E-state index is 3.47. The van der Waals surface area contributed by atoms with Crippen LogP contribution in [0.4, 0.5) is 0 Å². The van der Waals surface area contributed by atoms with Crippen molar-refractivity contribution in [2.24, 2.45) is 11.8 Å². The molecule has 1 atom stereocenters. The smallest absolute Gasteiger partial charge is 0.00231 e. The van der Waals surface area contributed by atoms with Crippen molar-refractivity contribution in [3.8, 4) is 0 Å². The quantitative estimate of drug-likeness (QED) is 0.581. The molecule has 1 N–H and O–H groups in total. The largest absolute Gasteiger partial charge is 0.316 e. The Labute approximate surface area is 70.6 Å². The van der Waals surface area contributed by atoms with Gasteiger partial charge in [-0.15, -0.1) is 0 Å². The lowest BCUT2D eigenvalue weighted by molar-refractivity contribution is 0.457. The minimum atomic E-state index is 0.897. The van der Waals surface area contributed by atoms with Crippen molar-refractivity contribution in [3.63, 3.8) is 0 Å². The van der Waals surface area contributed by atoms with Crippen LogP contribution in [0.1, 0.15) is 39.5 Å². The monoisotopic (exact) mass is 155 g/mol. The predicted octanol–water partition coefficient (Wildman–Crippen LogP) is 2.42. The molecule has 0 saturated heterocycles. The van der Waals surface area contributed by atoms with E-state index in [1.807, 2.05) is 0 Å². The second-order valence-electron chi connectivity index (χ2n) is 3.99. The van der Waals surface area contributed by atoms with E-state index >= 15 is 0 Å². The maximum Gasteiger partial charge on any atom is -0.00231 e. The van der Waals surface area contributed by atoms with Gasteiger partial charge in [0.2, 0.25) is 0 Å². The Morgan fingerprint density at radius 1 is 1.45 bits per heavy atom. The fourth-order valence-corrected chi connectivity index (χ4v) is 1.53. The highest BCUT2D eigenvalue weighted by molar-refractivity contribution is 4.75. The van der Waals surface area contributed by atoms with Gasteiger partial charge in [-0.25, -0.2) is 0 Å². The fourth-order valence-electron chi connectivity index (χ4n) is 1.53. The number of hydrogen-bond acceptors (Lipinski definition) is 1. The van der Waals surface area contributed by atoms with Crippen molar-refractivity contribution in [2.45, 2.75) is 39.5 Å². The van der Waals surface area contributed by atoms with Crippen LogP contribution in [0, 0.1) is 11.8 Å². The molecule has 1 unspecified atom stereocenters. The standard InChI is InChI=1S/C10H21N/c1-3-6-11-8-9(2)7-10-4-5-10/h9-11H,3-8H2,1-2H3. The third kappa shape index (κ3) is 4.41. The highest BCUT2D eigenvalue weighted by Gasteiger charge is 2.22. The van der Waals surface area contributed by atoms with E-state index in [0.29, 0.717) is 0 Å². The first-order chi connectivity index (χ1) is 5.33. The third-order valence-corrected chi connectivity index (χ3v) is 2.35. The van der Waals surface area contributed by atoms with Crippen LogP contribution in [0.25, 0.3) is 0 Å². The lowest BCUT2D eigenvalue weighted by atomic mass is 10.1.